The molecule has 3 N–H and O–H groups in total. The zero-order valence-corrected chi connectivity index (χ0v) is 19.2. The molecule has 3 rings (SSSR count). The SMILES string of the molecule is CCOc1ccccc1/C=C/C(=O)Nc1sc2c(c1C#N)CCC(COC(=O)NCCO)C2. The molecule has 1 aliphatic carbocycles. The molecule has 0 fully saturated rings. The van der Waals surface area contributed by atoms with E-state index in [4.69, 9.17) is 14.6 Å². The molecule has 0 spiro atoms. The number of anilines is 1. The van der Waals surface area contributed by atoms with Crippen LogP contribution >= 0.6 is 11.3 Å². The average Bonchev–Trinajstić information content (AvgIpc) is 3.16. The Labute approximate surface area is 196 Å². The van der Waals surface area contributed by atoms with Crippen LogP contribution in [0.2, 0.25) is 0 Å². The van der Waals surface area contributed by atoms with Crippen LogP contribution in [0, 0.1) is 17.2 Å². The number of nitriles is 1. The number of rotatable bonds is 9. The van der Waals surface area contributed by atoms with E-state index in [1.807, 2.05) is 31.2 Å². The van der Waals surface area contributed by atoms with Gasteiger partial charge in [0.1, 0.15) is 16.8 Å². The number of amides is 2. The highest BCUT2D eigenvalue weighted by Crippen LogP contribution is 2.39. The molecular weight excluding hydrogens is 442 g/mol. The number of carbonyl (C=O) groups excluding carboxylic acids is 2. The van der Waals surface area contributed by atoms with Gasteiger partial charge in [0, 0.05) is 23.1 Å². The maximum Gasteiger partial charge on any atom is 0.407 e. The third kappa shape index (κ3) is 6.57. The van der Waals surface area contributed by atoms with Crippen LogP contribution in [0.3, 0.4) is 0 Å². The number of ether oxygens (including phenoxy) is 2. The molecule has 1 heterocycles. The highest BCUT2D eigenvalue weighted by Gasteiger charge is 2.27. The van der Waals surface area contributed by atoms with Crippen molar-refractivity contribution < 1.29 is 24.2 Å². The summed E-state index contributed by atoms with van der Waals surface area (Å²) in [5, 5.41) is 24.3. The summed E-state index contributed by atoms with van der Waals surface area (Å²) in [5.41, 5.74) is 2.27. The first kappa shape index (κ1) is 24.3. The van der Waals surface area contributed by atoms with Crippen molar-refractivity contribution in [2.45, 2.75) is 26.2 Å². The van der Waals surface area contributed by atoms with E-state index in [0.717, 1.165) is 22.4 Å². The minimum absolute atomic E-state index is 0.140. The van der Waals surface area contributed by atoms with E-state index in [-0.39, 0.29) is 31.6 Å². The quantitative estimate of drug-likeness (QED) is 0.484. The molecule has 0 bridgehead atoms. The van der Waals surface area contributed by atoms with Gasteiger partial charge in [0.05, 0.1) is 25.4 Å². The molecule has 174 valence electrons. The Bertz CT molecular complexity index is 1060. The number of alkyl carbamates (subject to hydrolysis) is 1. The van der Waals surface area contributed by atoms with Crippen LogP contribution in [0.5, 0.6) is 5.75 Å². The number of carbonyl (C=O) groups is 2. The first-order valence-electron chi connectivity index (χ1n) is 10.8. The van der Waals surface area contributed by atoms with E-state index in [9.17, 15) is 14.9 Å². The second-order valence-corrected chi connectivity index (χ2v) is 8.58. The van der Waals surface area contributed by atoms with Gasteiger partial charge in [-0.15, -0.1) is 11.3 Å². The van der Waals surface area contributed by atoms with Crippen LogP contribution in [-0.2, 0) is 22.4 Å². The lowest BCUT2D eigenvalue weighted by molar-refractivity contribution is -0.111. The molecule has 9 heteroatoms. The van der Waals surface area contributed by atoms with Gasteiger partial charge < -0.3 is 25.2 Å². The fourth-order valence-corrected chi connectivity index (χ4v) is 4.94. The number of hydrogen-bond acceptors (Lipinski definition) is 7. The van der Waals surface area contributed by atoms with E-state index < -0.39 is 6.09 Å². The third-order valence-corrected chi connectivity index (χ3v) is 6.35. The highest BCUT2D eigenvalue weighted by atomic mass is 32.1. The molecule has 1 aromatic heterocycles. The second-order valence-electron chi connectivity index (χ2n) is 7.47. The lowest BCUT2D eigenvalue weighted by Gasteiger charge is -2.21. The molecule has 8 nitrogen and oxygen atoms in total. The number of hydrogen-bond donors (Lipinski definition) is 3. The molecule has 0 saturated heterocycles. The first-order chi connectivity index (χ1) is 16.0. The van der Waals surface area contributed by atoms with Crippen molar-refractivity contribution in [3.8, 4) is 11.8 Å². The summed E-state index contributed by atoms with van der Waals surface area (Å²) in [7, 11) is 0. The molecule has 2 aromatic rings. The summed E-state index contributed by atoms with van der Waals surface area (Å²) in [5.74, 6) is 0.518. The van der Waals surface area contributed by atoms with Crippen molar-refractivity contribution in [2.24, 2.45) is 5.92 Å². The molecule has 0 saturated carbocycles. The maximum atomic E-state index is 12.5. The van der Waals surface area contributed by atoms with Crippen LogP contribution in [0.25, 0.3) is 6.08 Å². The number of nitrogens with one attached hydrogen (secondary N) is 2. The van der Waals surface area contributed by atoms with Crippen molar-refractivity contribution in [2.75, 3.05) is 31.7 Å². The van der Waals surface area contributed by atoms with Crippen molar-refractivity contribution >= 4 is 34.4 Å². The average molecular weight is 470 g/mol. The number of fused-ring (bicyclic) bond motifs is 1. The zero-order chi connectivity index (χ0) is 23.6. The molecule has 0 radical (unpaired) electrons. The smallest absolute Gasteiger partial charge is 0.407 e. The van der Waals surface area contributed by atoms with Gasteiger partial charge in [-0.1, -0.05) is 18.2 Å². The maximum absolute atomic E-state index is 12.5. The molecule has 1 aliphatic rings. The van der Waals surface area contributed by atoms with Crippen LogP contribution in [0.1, 0.15) is 34.9 Å². The Hall–Kier alpha value is -3.35. The minimum Gasteiger partial charge on any atom is -0.493 e. The van der Waals surface area contributed by atoms with Crippen LogP contribution in [0.4, 0.5) is 9.80 Å². The Morgan fingerprint density at radius 1 is 1.36 bits per heavy atom. The topological polar surface area (TPSA) is 121 Å². The van der Waals surface area contributed by atoms with Gasteiger partial charge in [0.25, 0.3) is 0 Å². The van der Waals surface area contributed by atoms with Crippen molar-refractivity contribution in [1.82, 2.24) is 5.32 Å². The third-order valence-electron chi connectivity index (χ3n) is 5.18. The normalized spacial score (nSPS) is 14.9. The number of nitrogens with zero attached hydrogens (tertiary/aromatic N) is 1. The largest absolute Gasteiger partial charge is 0.493 e. The summed E-state index contributed by atoms with van der Waals surface area (Å²) in [6, 6.07) is 9.69. The van der Waals surface area contributed by atoms with Gasteiger partial charge >= 0.3 is 6.09 Å². The van der Waals surface area contributed by atoms with Crippen molar-refractivity contribution in [3.05, 3.63) is 51.9 Å². The van der Waals surface area contributed by atoms with E-state index in [2.05, 4.69) is 16.7 Å². The highest BCUT2D eigenvalue weighted by molar-refractivity contribution is 7.16. The standard InChI is InChI=1S/C24H27N3O5S/c1-2-31-20-6-4-3-5-17(20)8-10-22(29)27-23-19(14-25)18-9-7-16(13-21(18)33-23)15-32-24(30)26-11-12-28/h3-6,8,10,16,28H,2,7,9,11-13,15H2,1H3,(H,26,30)(H,27,29)/b10-8+. The number of thiophene rings is 1. The van der Waals surface area contributed by atoms with Crippen molar-refractivity contribution in [3.63, 3.8) is 0 Å². The second kappa shape index (κ2) is 12.0. The number of para-hydroxylation sites is 1. The van der Waals surface area contributed by atoms with Gasteiger partial charge in [0.2, 0.25) is 5.91 Å². The lowest BCUT2D eigenvalue weighted by Crippen LogP contribution is -2.29. The fourth-order valence-electron chi connectivity index (χ4n) is 3.63. The Morgan fingerprint density at radius 3 is 2.94 bits per heavy atom. The number of aliphatic hydroxyl groups excluding tert-OH is 1. The van der Waals surface area contributed by atoms with Crippen LogP contribution < -0.4 is 15.4 Å². The van der Waals surface area contributed by atoms with E-state index >= 15 is 0 Å². The molecular formula is C24H27N3O5S. The Morgan fingerprint density at radius 2 is 2.18 bits per heavy atom. The van der Waals surface area contributed by atoms with Gasteiger partial charge in [-0.2, -0.15) is 5.26 Å². The van der Waals surface area contributed by atoms with Gasteiger partial charge in [-0.3, -0.25) is 4.79 Å². The molecule has 0 aliphatic heterocycles. The summed E-state index contributed by atoms with van der Waals surface area (Å²) in [6.07, 6.45) is 4.72. The Balaban J connectivity index is 1.64. The summed E-state index contributed by atoms with van der Waals surface area (Å²) in [6.45, 7) is 2.70. The summed E-state index contributed by atoms with van der Waals surface area (Å²) >= 11 is 1.40. The van der Waals surface area contributed by atoms with E-state index in [1.54, 1.807) is 6.08 Å². The molecule has 1 unspecified atom stereocenters. The Kier molecular flexibility index (Phi) is 8.87. The summed E-state index contributed by atoms with van der Waals surface area (Å²) in [4.78, 5) is 25.2. The van der Waals surface area contributed by atoms with E-state index in [1.165, 1.54) is 17.4 Å². The molecule has 1 aromatic carbocycles. The lowest BCUT2D eigenvalue weighted by atomic mass is 9.88. The molecule has 1 atom stereocenters. The number of benzene rings is 1. The van der Waals surface area contributed by atoms with Crippen LogP contribution in [-0.4, -0.2) is 43.5 Å². The van der Waals surface area contributed by atoms with Gasteiger partial charge in [0.15, 0.2) is 0 Å². The first-order valence-corrected chi connectivity index (χ1v) is 11.6. The zero-order valence-electron chi connectivity index (χ0n) is 18.4. The molecule has 33 heavy (non-hydrogen) atoms. The van der Waals surface area contributed by atoms with Crippen LogP contribution in [0.15, 0.2) is 30.3 Å². The minimum atomic E-state index is -0.551. The fraction of sp³-hybridized carbons (Fsp3) is 0.375. The number of aliphatic hydroxyl groups is 1. The summed E-state index contributed by atoms with van der Waals surface area (Å²) < 4.78 is 10.8. The van der Waals surface area contributed by atoms with E-state index in [0.29, 0.717) is 35.8 Å². The predicted molar refractivity (Wildman–Crippen MR) is 126 cm³/mol. The van der Waals surface area contributed by atoms with Gasteiger partial charge in [-0.25, -0.2) is 4.79 Å². The monoisotopic (exact) mass is 469 g/mol. The predicted octanol–water partition coefficient (Wildman–Crippen LogP) is 3.49. The van der Waals surface area contributed by atoms with Gasteiger partial charge in [-0.05, 0) is 49.8 Å². The van der Waals surface area contributed by atoms with Crippen molar-refractivity contribution in [1.29, 1.82) is 5.26 Å². The molecule has 2 amide bonds.